The maximum atomic E-state index is 0. The van der Waals surface area contributed by atoms with Crippen LogP contribution < -0.4 is 29.6 Å². The molecular formula is NaO2Pr. The molecule has 0 saturated carbocycles. The van der Waals surface area contributed by atoms with Gasteiger partial charge in [0.1, 0.15) is 0 Å². The van der Waals surface area contributed by atoms with Crippen molar-refractivity contribution >= 4 is 0 Å². The standard InChI is InChI=1S/Na.2O.Pr/q+1;2*-2;+3. The molecule has 0 aromatic heterocycles. The minimum atomic E-state index is 0. The van der Waals surface area contributed by atoms with E-state index in [-0.39, 0.29) is 81.8 Å². The normalized spacial score (nSPS) is 0. The molecule has 0 spiro atoms. The van der Waals surface area contributed by atoms with Crippen molar-refractivity contribution in [3.05, 3.63) is 0 Å². The number of hydrogen-bond donors (Lipinski definition) is 0. The van der Waals surface area contributed by atoms with Crippen LogP contribution in [-0.4, -0.2) is 0 Å². The monoisotopic (exact) mass is 196 g/mol. The van der Waals surface area contributed by atoms with Crippen molar-refractivity contribution in [1.82, 2.24) is 0 Å². The predicted octanol–water partition coefficient (Wildman–Crippen LogP) is -3.23. The fourth-order valence-electron chi connectivity index (χ4n) is 0. The predicted molar refractivity (Wildman–Crippen MR) is 1.37 cm³/mol. The summed E-state index contributed by atoms with van der Waals surface area (Å²) < 4.78 is 0. The summed E-state index contributed by atoms with van der Waals surface area (Å²) in [6.07, 6.45) is 0. The fraction of sp³-hybridized carbons (Fsp3) is 0. The molecule has 0 rings (SSSR count). The second-order valence-corrected chi connectivity index (χ2v) is 0. The minimum absolute atomic E-state index is 0. The quantitative estimate of drug-likeness (QED) is 0.365. The van der Waals surface area contributed by atoms with Crippen molar-refractivity contribution in [3.8, 4) is 0 Å². The molecule has 0 radical (unpaired) electrons. The maximum absolute atomic E-state index is 0. The first kappa shape index (κ1) is 33.6. The fourth-order valence-corrected chi connectivity index (χ4v) is 0. The van der Waals surface area contributed by atoms with E-state index >= 15 is 0 Å². The molecule has 0 aliphatic rings. The largest absolute Gasteiger partial charge is 3.00 e. The van der Waals surface area contributed by atoms with Gasteiger partial charge in [-0.15, -0.1) is 0 Å². The Morgan fingerprint density at radius 3 is 0.750 bits per heavy atom. The molecule has 0 aliphatic carbocycles. The molecule has 0 amide bonds. The molecule has 0 unspecified atom stereocenters. The maximum Gasteiger partial charge on any atom is 3.00 e. The van der Waals surface area contributed by atoms with E-state index in [2.05, 4.69) is 0 Å². The summed E-state index contributed by atoms with van der Waals surface area (Å²) in [6.45, 7) is 0. The van der Waals surface area contributed by atoms with Crippen LogP contribution in [-0.2, 0) is 11.0 Å². The van der Waals surface area contributed by atoms with E-state index in [1.807, 2.05) is 0 Å². The van der Waals surface area contributed by atoms with Crippen molar-refractivity contribution in [2.75, 3.05) is 0 Å². The van der Waals surface area contributed by atoms with Crippen molar-refractivity contribution in [2.24, 2.45) is 0 Å². The van der Waals surface area contributed by atoms with Gasteiger partial charge in [-0.05, 0) is 0 Å². The summed E-state index contributed by atoms with van der Waals surface area (Å²) in [5.41, 5.74) is 0. The molecule has 0 N–H and O–H groups in total. The molecule has 4 heavy (non-hydrogen) atoms. The topological polar surface area (TPSA) is 57.0 Å². The molecule has 0 aromatic carbocycles. The summed E-state index contributed by atoms with van der Waals surface area (Å²) in [7, 11) is 0. The van der Waals surface area contributed by atoms with Gasteiger partial charge in [-0.1, -0.05) is 0 Å². The van der Waals surface area contributed by atoms with Gasteiger partial charge in [-0.3, -0.25) is 0 Å². The van der Waals surface area contributed by atoms with Crippen molar-refractivity contribution in [3.63, 3.8) is 0 Å². The first-order valence-corrected chi connectivity index (χ1v) is 0. The van der Waals surface area contributed by atoms with Gasteiger partial charge in [0, 0.05) is 0 Å². The van der Waals surface area contributed by atoms with Crippen LogP contribution in [0.3, 0.4) is 0 Å². The Labute approximate surface area is 80.2 Å². The van der Waals surface area contributed by atoms with Crippen LogP contribution in [0.4, 0.5) is 0 Å². The van der Waals surface area contributed by atoms with Gasteiger partial charge in [-0.2, -0.15) is 0 Å². The Balaban J connectivity index is 0. The molecule has 4 heteroatoms. The third kappa shape index (κ3) is 8.86. The summed E-state index contributed by atoms with van der Waals surface area (Å²) in [5.74, 6) is 0. The van der Waals surface area contributed by atoms with E-state index in [0.29, 0.717) is 0 Å². The van der Waals surface area contributed by atoms with E-state index in [9.17, 15) is 0 Å². The smallest absolute Gasteiger partial charge is 2.00 e. The van der Waals surface area contributed by atoms with Gasteiger partial charge in [0.15, 0.2) is 0 Å². The second kappa shape index (κ2) is 18.6. The number of hydrogen-bond acceptors (Lipinski definition) is 0. The molecule has 0 aliphatic heterocycles. The SMILES string of the molecule is [Na+].[O-2].[O-2].[Pr+3]. The third-order valence-electron chi connectivity index (χ3n) is 0. The molecule has 16 valence electrons. The summed E-state index contributed by atoms with van der Waals surface area (Å²) in [4.78, 5) is 0. The van der Waals surface area contributed by atoms with Crippen LogP contribution in [0, 0.1) is 41.3 Å². The molecule has 0 fully saturated rings. The molecule has 2 nitrogen and oxygen atoms in total. The van der Waals surface area contributed by atoms with Gasteiger partial charge in [0.25, 0.3) is 0 Å². The van der Waals surface area contributed by atoms with Crippen molar-refractivity contribution in [2.45, 2.75) is 0 Å². The van der Waals surface area contributed by atoms with Gasteiger partial charge >= 0.3 is 70.8 Å². The van der Waals surface area contributed by atoms with Crippen LogP contribution in [0.2, 0.25) is 0 Å². The van der Waals surface area contributed by atoms with Crippen molar-refractivity contribution < 1.29 is 81.8 Å². The van der Waals surface area contributed by atoms with Gasteiger partial charge in [0.2, 0.25) is 0 Å². The molecular weight excluding hydrogens is 196 g/mol. The minimum Gasteiger partial charge on any atom is -2.00 e. The average molecular weight is 196 g/mol. The Hall–Kier alpha value is 2.28. The zero-order chi connectivity index (χ0) is 0. The van der Waals surface area contributed by atoms with Crippen LogP contribution >= 0.6 is 0 Å². The Kier molecular flexibility index (Phi) is 156. The first-order chi connectivity index (χ1) is 0. The number of rotatable bonds is 0. The van der Waals surface area contributed by atoms with E-state index in [4.69, 9.17) is 0 Å². The van der Waals surface area contributed by atoms with Crippen LogP contribution in [0.1, 0.15) is 0 Å². The Bertz CT molecular complexity index is 6.00. The first-order valence-electron chi connectivity index (χ1n) is 0. The van der Waals surface area contributed by atoms with E-state index in [0.717, 1.165) is 0 Å². The zero-order valence-corrected chi connectivity index (χ0v) is 8.10. The summed E-state index contributed by atoms with van der Waals surface area (Å²) >= 11 is 0. The van der Waals surface area contributed by atoms with Crippen molar-refractivity contribution in [1.29, 1.82) is 0 Å². The second-order valence-electron chi connectivity index (χ2n) is 0. The van der Waals surface area contributed by atoms with Gasteiger partial charge < -0.3 is 11.0 Å². The zero-order valence-electron chi connectivity index (χ0n) is 2.39. The van der Waals surface area contributed by atoms with Crippen LogP contribution in [0.15, 0.2) is 0 Å². The average Bonchev–Trinajstić information content (AvgIpc) is 0. The molecule has 0 aromatic rings. The Morgan fingerprint density at radius 1 is 0.750 bits per heavy atom. The molecule has 0 bridgehead atoms. The molecule has 0 saturated heterocycles. The molecule has 0 heterocycles. The third-order valence-corrected chi connectivity index (χ3v) is 0. The van der Waals surface area contributed by atoms with E-state index in [1.54, 1.807) is 0 Å². The molecule has 0 atom stereocenters. The van der Waals surface area contributed by atoms with E-state index < -0.39 is 0 Å². The van der Waals surface area contributed by atoms with Crippen LogP contribution in [0.25, 0.3) is 0 Å². The Morgan fingerprint density at radius 2 is 0.750 bits per heavy atom. The summed E-state index contributed by atoms with van der Waals surface area (Å²) in [5, 5.41) is 0. The van der Waals surface area contributed by atoms with E-state index in [1.165, 1.54) is 0 Å². The van der Waals surface area contributed by atoms with Gasteiger partial charge in [0.05, 0.1) is 0 Å². The van der Waals surface area contributed by atoms with Crippen LogP contribution in [0.5, 0.6) is 0 Å². The van der Waals surface area contributed by atoms with Gasteiger partial charge in [-0.25, -0.2) is 0 Å². The summed E-state index contributed by atoms with van der Waals surface area (Å²) in [6, 6.07) is 0.